The molecule has 0 spiro atoms. The number of aromatic nitrogens is 2. The van der Waals surface area contributed by atoms with Crippen LogP contribution in [-0.2, 0) is 7.05 Å². The SMILES string of the molecule is CCCNC(CC(C)CCC)c1cn(C)nc1C. The van der Waals surface area contributed by atoms with Gasteiger partial charge in [-0.15, -0.1) is 0 Å². The lowest BCUT2D eigenvalue weighted by Crippen LogP contribution is -2.24. The Hall–Kier alpha value is -0.830. The highest BCUT2D eigenvalue weighted by Crippen LogP contribution is 2.25. The number of aryl methyl sites for hydroxylation is 2. The van der Waals surface area contributed by atoms with E-state index >= 15 is 0 Å². The van der Waals surface area contributed by atoms with E-state index in [-0.39, 0.29) is 0 Å². The van der Waals surface area contributed by atoms with Gasteiger partial charge >= 0.3 is 0 Å². The molecule has 2 atom stereocenters. The summed E-state index contributed by atoms with van der Waals surface area (Å²) in [5, 5.41) is 8.15. The first-order chi connectivity index (χ1) is 8.58. The molecule has 1 heterocycles. The highest BCUT2D eigenvalue weighted by Gasteiger charge is 2.18. The molecule has 1 aromatic rings. The van der Waals surface area contributed by atoms with Crippen molar-refractivity contribution >= 4 is 0 Å². The Bertz CT molecular complexity index is 344. The smallest absolute Gasteiger partial charge is 0.0641 e. The topological polar surface area (TPSA) is 29.9 Å². The third-order valence-corrected chi connectivity index (χ3v) is 3.49. The van der Waals surface area contributed by atoms with Gasteiger partial charge in [0.1, 0.15) is 0 Å². The first kappa shape index (κ1) is 15.2. The van der Waals surface area contributed by atoms with Gasteiger partial charge in [-0.05, 0) is 32.2 Å². The van der Waals surface area contributed by atoms with Crippen molar-refractivity contribution in [2.45, 2.75) is 59.4 Å². The lowest BCUT2D eigenvalue weighted by Gasteiger charge is -2.22. The molecule has 0 aliphatic heterocycles. The van der Waals surface area contributed by atoms with Gasteiger partial charge in [-0.3, -0.25) is 4.68 Å². The average Bonchev–Trinajstić information content (AvgIpc) is 2.64. The molecule has 0 radical (unpaired) electrons. The van der Waals surface area contributed by atoms with E-state index in [0.29, 0.717) is 6.04 Å². The summed E-state index contributed by atoms with van der Waals surface area (Å²) in [7, 11) is 2.00. The summed E-state index contributed by atoms with van der Waals surface area (Å²) in [4.78, 5) is 0. The molecule has 3 heteroatoms. The van der Waals surface area contributed by atoms with Gasteiger partial charge in [0.15, 0.2) is 0 Å². The number of nitrogens with one attached hydrogen (secondary N) is 1. The molecule has 0 bridgehead atoms. The van der Waals surface area contributed by atoms with Crippen LogP contribution in [0.25, 0.3) is 0 Å². The zero-order valence-electron chi connectivity index (χ0n) is 12.7. The van der Waals surface area contributed by atoms with Crippen LogP contribution in [0.5, 0.6) is 0 Å². The lowest BCUT2D eigenvalue weighted by molar-refractivity contribution is 0.389. The van der Waals surface area contributed by atoms with Crippen LogP contribution in [0.15, 0.2) is 6.20 Å². The van der Waals surface area contributed by atoms with Crippen molar-refractivity contribution in [3.05, 3.63) is 17.5 Å². The second kappa shape index (κ2) is 7.57. The fraction of sp³-hybridized carbons (Fsp3) is 0.800. The first-order valence-corrected chi connectivity index (χ1v) is 7.31. The van der Waals surface area contributed by atoms with E-state index in [0.717, 1.165) is 18.2 Å². The monoisotopic (exact) mass is 251 g/mol. The minimum absolute atomic E-state index is 0.459. The average molecular weight is 251 g/mol. The van der Waals surface area contributed by atoms with E-state index in [4.69, 9.17) is 0 Å². The molecule has 104 valence electrons. The van der Waals surface area contributed by atoms with Gasteiger partial charge in [-0.2, -0.15) is 5.10 Å². The highest BCUT2D eigenvalue weighted by molar-refractivity contribution is 5.20. The van der Waals surface area contributed by atoms with E-state index in [9.17, 15) is 0 Å². The fourth-order valence-electron chi connectivity index (χ4n) is 2.61. The van der Waals surface area contributed by atoms with Crippen molar-refractivity contribution in [2.24, 2.45) is 13.0 Å². The molecule has 3 nitrogen and oxygen atoms in total. The fourth-order valence-corrected chi connectivity index (χ4v) is 2.61. The van der Waals surface area contributed by atoms with Crippen LogP contribution in [0.3, 0.4) is 0 Å². The Kier molecular flexibility index (Phi) is 6.41. The molecule has 0 aliphatic carbocycles. The Morgan fingerprint density at radius 3 is 2.56 bits per heavy atom. The first-order valence-electron chi connectivity index (χ1n) is 7.31. The van der Waals surface area contributed by atoms with Crippen LogP contribution in [0.4, 0.5) is 0 Å². The maximum Gasteiger partial charge on any atom is 0.0641 e. The van der Waals surface area contributed by atoms with Crippen molar-refractivity contribution in [1.29, 1.82) is 0 Å². The predicted molar refractivity (Wildman–Crippen MR) is 77.7 cm³/mol. The normalized spacial score (nSPS) is 14.7. The van der Waals surface area contributed by atoms with E-state index in [1.807, 2.05) is 11.7 Å². The second-order valence-corrected chi connectivity index (χ2v) is 5.48. The van der Waals surface area contributed by atoms with Crippen molar-refractivity contribution in [2.75, 3.05) is 6.54 Å². The quantitative estimate of drug-likeness (QED) is 0.765. The summed E-state index contributed by atoms with van der Waals surface area (Å²) >= 11 is 0. The van der Waals surface area contributed by atoms with Crippen LogP contribution < -0.4 is 5.32 Å². The Balaban J connectivity index is 2.74. The molecule has 0 aliphatic rings. The van der Waals surface area contributed by atoms with Gasteiger partial charge in [-0.25, -0.2) is 0 Å². The highest BCUT2D eigenvalue weighted by atomic mass is 15.3. The summed E-state index contributed by atoms with van der Waals surface area (Å²) in [6, 6.07) is 0.459. The maximum absolute atomic E-state index is 4.47. The molecular formula is C15H29N3. The van der Waals surface area contributed by atoms with Gasteiger partial charge in [-0.1, -0.05) is 33.6 Å². The zero-order chi connectivity index (χ0) is 13.5. The van der Waals surface area contributed by atoms with Gasteiger partial charge in [0.05, 0.1) is 5.69 Å². The molecular weight excluding hydrogens is 222 g/mol. The van der Waals surface area contributed by atoms with Crippen LogP contribution in [0.1, 0.15) is 63.8 Å². The molecule has 1 rings (SSSR count). The minimum atomic E-state index is 0.459. The van der Waals surface area contributed by atoms with Gasteiger partial charge in [0, 0.05) is 24.8 Å². The van der Waals surface area contributed by atoms with Crippen LogP contribution in [-0.4, -0.2) is 16.3 Å². The van der Waals surface area contributed by atoms with Crippen molar-refractivity contribution in [3.63, 3.8) is 0 Å². The van der Waals surface area contributed by atoms with Crippen molar-refractivity contribution in [3.8, 4) is 0 Å². The van der Waals surface area contributed by atoms with Crippen LogP contribution in [0.2, 0.25) is 0 Å². The molecule has 2 unspecified atom stereocenters. The third-order valence-electron chi connectivity index (χ3n) is 3.49. The number of rotatable bonds is 8. The molecule has 0 fully saturated rings. The Morgan fingerprint density at radius 2 is 2.06 bits per heavy atom. The van der Waals surface area contributed by atoms with Crippen molar-refractivity contribution < 1.29 is 0 Å². The van der Waals surface area contributed by atoms with Gasteiger partial charge < -0.3 is 5.32 Å². The molecule has 0 aromatic carbocycles. The standard InChI is InChI=1S/C15H29N3/c1-6-8-12(3)10-15(16-9-7-2)14-11-18(5)17-13(14)4/h11-12,15-16H,6-10H2,1-5H3. The summed E-state index contributed by atoms with van der Waals surface area (Å²) in [6.45, 7) is 10.0. The van der Waals surface area contributed by atoms with Gasteiger partial charge in [0.2, 0.25) is 0 Å². The zero-order valence-corrected chi connectivity index (χ0v) is 12.7. The molecule has 1 N–H and O–H groups in total. The summed E-state index contributed by atoms with van der Waals surface area (Å²) < 4.78 is 1.93. The maximum atomic E-state index is 4.47. The number of hydrogen-bond acceptors (Lipinski definition) is 2. The second-order valence-electron chi connectivity index (χ2n) is 5.48. The number of nitrogens with zero attached hydrogens (tertiary/aromatic N) is 2. The van der Waals surface area contributed by atoms with E-state index in [2.05, 4.69) is 44.3 Å². The summed E-state index contributed by atoms with van der Waals surface area (Å²) in [5.74, 6) is 0.768. The Morgan fingerprint density at radius 1 is 1.33 bits per heavy atom. The molecule has 0 saturated carbocycles. The van der Waals surface area contributed by atoms with Crippen LogP contribution in [0, 0.1) is 12.8 Å². The summed E-state index contributed by atoms with van der Waals surface area (Å²) in [5.41, 5.74) is 2.53. The molecule has 18 heavy (non-hydrogen) atoms. The van der Waals surface area contributed by atoms with Gasteiger partial charge in [0.25, 0.3) is 0 Å². The lowest BCUT2D eigenvalue weighted by atomic mass is 9.93. The van der Waals surface area contributed by atoms with Crippen LogP contribution >= 0.6 is 0 Å². The largest absolute Gasteiger partial charge is 0.310 e. The predicted octanol–water partition coefficient (Wildman–Crippen LogP) is 3.60. The van der Waals surface area contributed by atoms with E-state index in [1.54, 1.807) is 0 Å². The van der Waals surface area contributed by atoms with E-state index < -0.39 is 0 Å². The number of hydrogen-bond donors (Lipinski definition) is 1. The van der Waals surface area contributed by atoms with Crippen molar-refractivity contribution in [1.82, 2.24) is 15.1 Å². The van der Waals surface area contributed by atoms with E-state index in [1.165, 1.54) is 31.2 Å². The summed E-state index contributed by atoms with van der Waals surface area (Å²) in [6.07, 6.45) is 7.14. The third kappa shape index (κ3) is 4.45. The molecule has 0 amide bonds. The molecule has 1 aromatic heterocycles. The Labute approximate surface area is 112 Å². The minimum Gasteiger partial charge on any atom is -0.310 e. The molecule has 0 saturated heterocycles.